The molecule has 1 fully saturated rings. The standard InChI is InChI=1S/C15H24N2O2/c1-15(11-18,16-12-4-5-12)10-17(2)13-6-8-14(19-3)9-7-13/h6-9,12,16,18H,4-5,10-11H2,1-3H3. The van der Waals surface area contributed by atoms with Gasteiger partial charge in [-0.25, -0.2) is 0 Å². The molecule has 4 nitrogen and oxygen atoms in total. The van der Waals surface area contributed by atoms with Crippen molar-refractivity contribution < 1.29 is 9.84 Å². The van der Waals surface area contributed by atoms with Crippen molar-refractivity contribution in [2.75, 3.05) is 32.2 Å². The molecular formula is C15H24N2O2. The Kier molecular flexibility index (Phi) is 4.32. The van der Waals surface area contributed by atoms with E-state index in [0.29, 0.717) is 6.04 Å². The Hall–Kier alpha value is -1.26. The van der Waals surface area contributed by atoms with E-state index in [1.54, 1.807) is 7.11 Å². The number of likely N-dealkylation sites (N-methyl/N-ethyl adjacent to an activating group) is 1. The zero-order chi connectivity index (χ0) is 13.9. The molecule has 1 saturated carbocycles. The maximum absolute atomic E-state index is 9.63. The van der Waals surface area contributed by atoms with Gasteiger partial charge in [-0.05, 0) is 44.0 Å². The second-order valence-corrected chi connectivity index (χ2v) is 5.69. The summed E-state index contributed by atoms with van der Waals surface area (Å²) in [5.41, 5.74) is 0.869. The molecule has 1 unspecified atom stereocenters. The fraction of sp³-hybridized carbons (Fsp3) is 0.600. The van der Waals surface area contributed by atoms with Crippen molar-refractivity contribution in [3.63, 3.8) is 0 Å². The smallest absolute Gasteiger partial charge is 0.119 e. The summed E-state index contributed by atoms with van der Waals surface area (Å²) in [4.78, 5) is 2.16. The van der Waals surface area contributed by atoms with Gasteiger partial charge in [0.1, 0.15) is 5.75 Å². The summed E-state index contributed by atoms with van der Waals surface area (Å²) >= 11 is 0. The topological polar surface area (TPSA) is 44.7 Å². The summed E-state index contributed by atoms with van der Waals surface area (Å²) in [5.74, 6) is 0.859. The van der Waals surface area contributed by atoms with Gasteiger partial charge in [0.15, 0.2) is 0 Å². The molecule has 1 aliphatic carbocycles. The Morgan fingerprint density at radius 3 is 2.47 bits per heavy atom. The number of benzene rings is 1. The first-order valence-corrected chi connectivity index (χ1v) is 6.80. The highest BCUT2D eigenvalue weighted by atomic mass is 16.5. The summed E-state index contributed by atoms with van der Waals surface area (Å²) in [5, 5.41) is 13.2. The van der Waals surface area contributed by atoms with Crippen LogP contribution in [0.5, 0.6) is 5.75 Å². The summed E-state index contributed by atoms with van der Waals surface area (Å²) in [6.07, 6.45) is 2.45. The molecule has 106 valence electrons. The molecule has 0 heterocycles. The number of rotatable bonds is 7. The molecule has 0 spiro atoms. The van der Waals surface area contributed by atoms with Crippen LogP contribution >= 0.6 is 0 Å². The molecule has 1 aromatic carbocycles. The number of anilines is 1. The molecule has 19 heavy (non-hydrogen) atoms. The first-order chi connectivity index (χ1) is 9.06. The van der Waals surface area contributed by atoms with Crippen LogP contribution in [0, 0.1) is 0 Å². The molecule has 1 aliphatic rings. The highest BCUT2D eigenvalue weighted by Crippen LogP contribution is 2.24. The SMILES string of the molecule is COc1ccc(N(C)CC(C)(CO)NC2CC2)cc1. The second-order valence-electron chi connectivity index (χ2n) is 5.69. The minimum atomic E-state index is -0.254. The van der Waals surface area contributed by atoms with E-state index in [9.17, 15) is 5.11 Å². The van der Waals surface area contributed by atoms with E-state index in [0.717, 1.165) is 18.0 Å². The van der Waals surface area contributed by atoms with E-state index in [2.05, 4.69) is 17.1 Å². The normalized spacial score (nSPS) is 17.9. The highest BCUT2D eigenvalue weighted by molar-refractivity contribution is 5.48. The van der Waals surface area contributed by atoms with Crippen molar-refractivity contribution in [3.05, 3.63) is 24.3 Å². The molecule has 1 atom stereocenters. The lowest BCUT2D eigenvalue weighted by Crippen LogP contribution is -2.54. The van der Waals surface area contributed by atoms with E-state index in [4.69, 9.17) is 4.74 Å². The van der Waals surface area contributed by atoms with Crippen molar-refractivity contribution in [2.45, 2.75) is 31.3 Å². The number of ether oxygens (including phenoxy) is 1. The van der Waals surface area contributed by atoms with Crippen LogP contribution in [0.4, 0.5) is 5.69 Å². The predicted octanol–water partition coefficient (Wildman–Crippen LogP) is 1.63. The van der Waals surface area contributed by atoms with Gasteiger partial charge in [-0.3, -0.25) is 0 Å². The second kappa shape index (κ2) is 5.80. The third-order valence-electron chi connectivity index (χ3n) is 3.58. The fourth-order valence-electron chi connectivity index (χ4n) is 2.31. The van der Waals surface area contributed by atoms with Crippen LogP contribution in [0.1, 0.15) is 19.8 Å². The van der Waals surface area contributed by atoms with Crippen LogP contribution in [-0.4, -0.2) is 44.0 Å². The molecule has 1 aromatic rings. The molecule has 0 aliphatic heterocycles. The third-order valence-corrected chi connectivity index (χ3v) is 3.58. The van der Waals surface area contributed by atoms with Crippen LogP contribution in [0.25, 0.3) is 0 Å². The van der Waals surface area contributed by atoms with E-state index in [1.807, 2.05) is 31.3 Å². The first-order valence-electron chi connectivity index (χ1n) is 6.80. The van der Waals surface area contributed by atoms with E-state index in [1.165, 1.54) is 12.8 Å². The lowest BCUT2D eigenvalue weighted by atomic mass is 10.0. The minimum Gasteiger partial charge on any atom is -0.497 e. The van der Waals surface area contributed by atoms with Crippen LogP contribution < -0.4 is 15.0 Å². The Morgan fingerprint density at radius 2 is 2.00 bits per heavy atom. The summed E-state index contributed by atoms with van der Waals surface area (Å²) in [6.45, 7) is 2.99. The molecule has 0 amide bonds. The molecule has 0 aromatic heterocycles. The maximum Gasteiger partial charge on any atom is 0.119 e. The van der Waals surface area contributed by atoms with Crippen molar-refractivity contribution >= 4 is 5.69 Å². The Morgan fingerprint density at radius 1 is 1.37 bits per heavy atom. The molecule has 2 N–H and O–H groups in total. The zero-order valence-corrected chi connectivity index (χ0v) is 12.0. The first kappa shape index (κ1) is 14.2. The van der Waals surface area contributed by atoms with Gasteiger partial charge in [-0.15, -0.1) is 0 Å². The van der Waals surface area contributed by atoms with Gasteiger partial charge in [0.2, 0.25) is 0 Å². The monoisotopic (exact) mass is 264 g/mol. The number of hydrogen-bond acceptors (Lipinski definition) is 4. The van der Waals surface area contributed by atoms with Gasteiger partial charge in [0, 0.05) is 25.3 Å². The van der Waals surface area contributed by atoms with Gasteiger partial charge < -0.3 is 20.1 Å². The molecule has 4 heteroatoms. The number of hydrogen-bond donors (Lipinski definition) is 2. The van der Waals surface area contributed by atoms with E-state index >= 15 is 0 Å². The van der Waals surface area contributed by atoms with Crippen LogP contribution in [0.3, 0.4) is 0 Å². The van der Waals surface area contributed by atoms with Gasteiger partial charge >= 0.3 is 0 Å². The average Bonchev–Trinajstić information content (AvgIpc) is 3.22. The van der Waals surface area contributed by atoms with Crippen molar-refractivity contribution in [1.29, 1.82) is 0 Å². The minimum absolute atomic E-state index is 0.143. The average molecular weight is 264 g/mol. The number of aliphatic hydroxyl groups excluding tert-OH is 1. The fourth-order valence-corrected chi connectivity index (χ4v) is 2.31. The summed E-state index contributed by atoms with van der Waals surface area (Å²) < 4.78 is 5.16. The lowest BCUT2D eigenvalue weighted by Gasteiger charge is -2.34. The van der Waals surface area contributed by atoms with Crippen molar-refractivity contribution in [3.8, 4) is 5.75 Å². The predicted molar refractivity (Wildman–Crippen MR) is 77.9 cm³/mol. The molecule has 0 radical (unpaired) electrons. The van der Waals surface area contributed by atoms with E-state index < -0.39 is 0 Å². The Bertz CT molecular complexity index is 403. The summed E-state index contributed by atoms with van der Waals surface area (Å²) in [6, 6.07) is 8.57. The van der Waals surface area contributed by atoms with Crippen LogP contribution in [0.15, 0.2) is 24.3 Å². The van der Waals surface area contributed by atoms with Gasteiger partial charge in [-0.1, -0.05) is 0 Å². The third kappa shape index (κ3) is 3.85. The Balaban J connectivity index is 1.98. The van der Waals surface area contributed by atoms with E-state index in [-0.39, 0.29) is 12.1 Å². The highest BCUT2D eigenvalue weighted by Gasteiger charge is 2.32. The molecule has 0 saturated heterocycles. The molecular weight excluding hydrogens is 240 g/mol. The number of methoxy groups -OCH3 is 1. The van der Waals surface area contributed by atoms with Gasteiger partial charge in [-0.2, -0.15) is 0 Å². The van der Waals surface area contributed by atoms with Gasteiger partial charge in [0.05, 0.1) is 19.3 Å². The quantitative estimate of drug-likeness (QED) is 0.786. The summed E-state index contributed by atoms with van der Waals surface area (Å²) in [7, 11) is 3.71. The number of aliphatic hydroxyl groups is 1. The molecule has 0 bridgehead atoms. The Labute approximate surface area is 115 Å². The molecule has 2 rings (SSSR count). The number of nitrogens with one attached hydrogen (secondary N) is 1. The van der Waals surface area contributed by atoms with Crippen molar-refractivity contribution in [1.82, 2.24) is 5.32 Å². The number of nitrogens with zero attached hydrogens (tertiary/aromatic N) is 1. The van der Waals surface area contributed by atoms with Crippen LogP contribution in [-0.2, 0) is 0 Å². The van der Waals surface area contributed by atoms with Crippen LogP contribution in [0.2, 0.25) is 0 Å². The largest absolute Gasteiger partial charge is 0.497 e. The zero-order valence-electron chi connectivity index (χ0n) is 12.0. The van der Waals surface area contributed by atoms with Crippen molar-refractivity contribution in [2.24, 2.45) is 0 Å². The maximum atomic E-state index is 9.63. The van der Waals surface area contributed by atoms with Gasteiger partial charge in [0.25, 0.3) is 0 Å². The lowest BCUT2D eigenvalue weighted by molar-refractivity contribution is 0.177.